The predicted octanol–water partition coefficient (Wildman–Crippen LogP) is 3.76. The van der Waals surface area contributed by atoms with Crippen LogP contribution in [-0.2, 0) is 16.6 Å². The third kappa shape index (κ3) is 3.04. The van der Waals surface area contributed by atoms with Gasteiger partial charge in [-0.3, -0.25) is 19.3 Å². The summed E-state index contributed by atoms with van der Waals surface area (Å²) < 4.78 is 1.95. The molecule has 0 bridgehead atoms. The molecular formula is C25H23N3O4. The van der Waals surface area contributed by atoms with E-state index in [1.165, 1.54) is 0 Å². The predicted molar refractivity (Wildman–Crippen MR) is 119 cm³/mol. The van der Waals surface area contributed by atoms with Crippen LogP contribution in [0.2, 0.25) is 0 Å². The lowest BCUT2D eigenvalue weighted by Gasteiger charge is -2.20. The van der Waals surface area contributed by atoms with Crippen molar-refractivity contribution < 1.29 is 19.2 Å². The highest BCUT2D eigenvalue weighted by Gasteiger charge is 2.48. The van der Waals surface area contributed by atoms with Gasteiger partial charge in [-0.25, -0.2) is 9.69 Å². The van der Waals surface area contributed by atoms with Crippen molar-refractivity contribution in [3.05, 3.63) is 60.2 Å². The molecule has 5 rings (SSSR count). The molecule has 0 spiro atoms. The smallest absolute Gasteiger partial charge is 0.334 e. The standard InChI is InChI=1S/C25H23N3O4/c1-26-19-14-8-7-13-18(19)21(22(26)16-9-3-2-4-10-16)20(29)15-27-23(30)24(31)28(25(27)32)17-11-5-6-12-17/h2-4,7-10,13-14,17H,5-6,11-12,15H2,1H3. The first-order valence-corrected chi connectivity index (χ1v) is 10.8. The van der Waals surface area contributed by atoms with Gasteiger partial charge < -0.3 is 4.57 Å². The van der Waals surface area contributed by atoms with Crippen LogP contribution in [0.3, 0.4) is 0 Å². The molecule has 2 heterocycles. The van der Waals surface area contributed by atoms with Gasteiger partial charge in [0, 0.05) is 24.0 Å². The Hall–Kier alpha value is -3.74. The number of aryl methyl sites for hydroxylation is 1. The number of carbonyl (C=O) groups is 4. The van der Waals surface area contributed by atoms with Crippen LogP contribution in [0.4, 0.5) is 4.79 Å². The monoisotopic (exact) mass is 429 g/mol. The second-order valence-corrected chi connectivity index (χ2v) is 8.38. The van der Waals surface area contributed by atoms with Crippen molar-refractivity contribution in [2.75, 3.05) is 6.54 Å². The van der Waals surface area contributed by atoms with Crippen LogP contribution in [-0.4, -0.2) is 50.6 Å². The van der Waals surface area contributed by atoms with Crippen molar-refractivity contribution in [1.82, 2.24) is 14.4 Å². The van der Waals surface area contributed by atoms with E-state index in [4.69, 9.17) is 0 Å². The molecule has 0 atom stereocenters. The summed E-state index contributed by atoms with van der Waals surface area (Å²) in [6.07, 6.45) is 3.25. The van der Waals surface area contributed by atoms with E-state index in [1.807, 2.05) is 66.2 Å². The molecule has 1 aliphatic heterocycles. The van der Waals surface area contributed by atoms with E-state index in [9.17, 15) is 19.2 Å². The van der Waals surface area contributed by atoms with Crippen molar-refractivity contribution in [3.63, 3.8) is 0 Å². The van der Waals surface area contributed by atoms with Crippen LogP contribution in [0.15, 0.2) is 54.6 Å². The Labute approximate surface area is 185 Å². The number of ketones is 1. The van der Waals surface area contributed by atoms with Crippen LogP contribution in [0.25, 0.3) is 22.2 Å². The maximum Gasteiger partial charge on any atom is 0.334 e. The summed E-state index contributed by atoms with van der Waals surface area (Å²) in [5.74, 6) is -2.11. The van der Waals surface area contributed by atoms with E-state index in [2.05, 4.69) is 0 Å². The molecule has 2 fully saturated rings. The van der Waals surface area contributed by atoms with Gasteiger partial charge in [-0.05, 0) is 24.5 Å². The minimum atomic E-state index is -0.920. The van der Waals surface area contributed by atoms with E-state index in [-0.39, 0.29) is 11.8 Å². The number of hydrogen-bond acceptors (Lipinski definition) is 4. The number of amides is 4. The molecule has 162 valence electrons. The molecule has 0 unspecified atom stereocenters. The van der Waals surface area contributed by atoms with E-state index in [1.54, 1.807) is 0 Å². The minimum absolute atomic E-state index is 0.253. The van der Waals surface area contributed by atoms with Crippen molar-refractivity contribution in [3.8, 4) is 11.3 Å². The molecule has 1 aliphatic carbocycles. The van der Waals surface area contributed by atoms with Crippen molar-refractivity contribution >= 4 is 34.5 Å². The highest BCUT2D eigenvalue weighted by Crippen LogP contribution is 2.34. The van der Waals surface area contributed by atoms with E-state index in [0.29, 0.717) is 18.4 Å². The van der Waals surface area contributed by atoms with E-state index < -0.39 is 24.4 Å². The lowest BCUT2D eigenvalue weighted by atomic mass is 10.0. The van der Waals surface area contributed by atoms with Gasteiger partial charge in [0.05, 0.1) is 17.8 Å². The molecule has 32 heavy (non-hydrogen) atoms. The van der Waals surface area contributed by atoms with Crippen LogP contribution >= 0.6 is 0 Å². The summed E-state index contributed by atoms with van der Waals surface area (Å²) in [6.45, 7) is -0.458. The van der Waals surface area contributed by atoms with Gasteiger partial charge in [0.15, 0.2) is 5.78 Å². The number of nitrogens with zero attached hydrogens (tertiary/aromatic N) is 3. The highest BCUT2D eigenvalue weighted by atomic mass is 16.2. The summed E-state index contributed by atoms with van der Waals surface area (Å²) in [5, 5.41) is 0.747. The molecule has 7 heteroatoms. The number of carbonyl (C=O) groups excluding carboxylic acids is 4. The Morgan fingerprint density at radius 2 is 1.56 bits per heavy atom. The fourth-order valence-corrected chi connectivity index (χ4v) is 4.98. The Balaban J connectivity index is 1.54. The third-order valence-electron chi connectivity index (χ3n) is 6.51. The quantitative estimate of drug-likeness (QED) is 0.351. The number of aromatic nitrogens is 1. The number of imide groups is 2. The van der Waals surface area contributed by atoms with Gasteiger partial charge >= 0.3 is 17.8 Å². The number of benzene rings is 2. The van der Waals surface area contributed by atoms with Gasteiger partial charge in [0.25, 0.3) is 0 Å². The van der Waals surface area contributed by atoms with Crippen LogP contribution in [0.5, 0.6) is 0 Å². The molecule has 0 N–H and O–H groups in total. The zero-order valence-electron chi connectivity index (χ0n) is 17.8. The zero-order chi connectivity index (χ0) is 22.4. The zero-order valence-corrected chi connectivity index (χ0v) is 17.8. The Kier molecular flexibility index (Phi) is 4.89. The van der Waals surface area contributed by atoms with E-state index in [0.717, 1.165) is 44.8 Å². The lowest BCUT2D eigenvalue weighted by Crippen LogP contribution is -2.41. The average Bonchev–Trinajstić information content (AvgIpc) is 3.48. The number of hydrogen-bond donors (Lipinski definition) is 0. The van der Waals surface area contributed by atoms with Crippen molar-refractivity contribution in [2.45, 2.75) is 31.7 Å². The van der Waals surface area contributed by atoms with Gasteiger partial charge in [-0.1, -0.05) is 61.4 Å². The van der Waals surface area contributed by atoms with Gasteiger partial charge in [0.2, 0.25) is 0 Å². The maximum atomic E-state index is 13.6. The number of Topliss-reactive ketones (excluding diaryl/α,β-unsaturated/α-hetero) is 1. The number of rotatable bonds is 5. The van der Waals surface area contributed by atoms with Crippen molar-refractivity contribution in [2.24, 2.45) is 7.05 Å². The molecule has 0 radical (unpaired) electrons. The molecule has 2 aromatic carbocycles. The summed E-state index contributed by atoms with van der Waals surface area (Å²) in [6, 6.07) is 16.1. The molecule has 1 saturated carbocycles. The van der Waals surface area contributed by atoms with Crippen molar-refractivity contribution in [1.29, 1.82) is 0 Å². The summed E-state index contributed by atoms with van der Waals surface area (Å²) in [7, 11) is 1.89. The second kappa shape index (κ2) is 7.75. The van der Waals surface area contributed by atoms with Crippen LogP contribution in [0, 0.1) is 0 Å². The first-order valence-electron chi connectivity index (χ1n) is 10.8. The number of urea groups is 1. The molecule has 4 amide bonds. The van der Waals surface area contributed by atoms with Crippen LogP contribution in [0.1, 0.15) is 36.0 Å². The highest BCUT2D eigenvalue weighted by molar-refractivity contribution is 6.45. The Morgan fingerprint density at radius 3 is 2.28 bits per heavy atom. The SMILES string of the molecule is Cn1c(-c2ccccc2)c(C(=O)CN2C(=O)C(=O)N(C3CCCC3)C2=O)c2ccccc21. The maximum absolute atomic E-state index is 13.6. The number of para-hydroxylation sites is 1. The fourth-order valence-electron chi connectivity index (χ4n) is 4.98. The molecule has 1 aromatic heterocycles. The molecule has 3 aromatic rings. The first kappa shape index (κ1) is 20.2. The van der Waals surface area contributed by atoms with Crippen LogP contribution < -0.4 is 0 Å². The summed E-state index contributed by atoms with van der Waals surface area (Å²) in [5.41, 5.74) is 2.89. The summed E-state index contributed by atoms with van der Waals surface area (Å²) >= 11 is 0. The van der Waals surface area contributed by atoms with Gasteiger partial charge in [-0.2, -0.15) is 0 Å². The van der Waals surface area contributed by atoms with Gasteiger partial charge in [-0.15, -0.1) is 0 Å². The normalized spacial score (nSPS) is 17.2. The molecule has 7 nitrogen and oxygen atoms in total. The fraction of sp³-hybridized carbons (Fsp3) is 0.280. The molecule has 2 aliphatic rings. The van der Waals surface area contributed by atoms with Gasteiger partial charge in [0.1, 0.15) is 0 Å². The molecule has 1 saturated heterocycles. The Bertz CT molecular complexity index is 1250. The lowest BCUT2D eigenvalue weighted by molar-refractivity contribution is -0.143. The van der Waals surface area contributed by atoms with E-state index >= 15 is 0 Å². The summed E-state index contributed by atoms with van der Waals surface area (Å²) in [4.78, 5) is 53.5. The largest absolute Gasteiger partial charge is 0.343 e. The molecular weight excluding hydrogens is 406 g/mol. The number of fused-ring (bicyclic) bond motifs is 1. The Morgan fingerprint density at radius 1 is 0.906 bits per heavy atom. The average molecular weight is 429 g/mol. The first-order chi connectivity index (χ1) is 15.5. The minimum Gasteiger partial charge on any atom is -0.343 e. The second-order valence-electron chi connectivity index (χ2n) is 8.38. The topological polar surface area (TPSA) is 79.7 Å². The third-order valence-corrected chi connectivity index (χ3v) is 6.51.